The smallest absolute Gasteiger partial charge is 0.318 e. The number of aromatic nitrogens is 2. The predicted molar refractivity (Wildman–Crippen MR) is 94.3 cm³/mol. The molecule has 1 aromatic carbocycles. The Balaban J connectivity index is 1.50. The molecule has 5 nitrogen and oxygen atoms in total. The number of hydrogen-bond donors (Lipinski definition) is 1. The molecule has 2 fully saturated rings. The molecule has 2 aromatic rings. The van der Waals surface area contributed by atoms with Crippen molar-refractivity contribution in [1.82, 2.24) is 14.7 Å². The second-order valence-corrected chi connectivity index (χ2v) is 7.39. The van der Waals surface area contributed by atoms with Gasteiger partial charge in [0.1, 0.15) is 0 Å². The second kappa shape index (κ2) is 6.58. The fourth-order valence-corrected chi connectivity index (χ4v) is 4.35. The summed E-state index contributed by atoms with van der Waals surface area (Å²) in [6.07, 6.45) is 2.59. The van der Waals surface area contributed by atoms with Crippen molar-refractivity contribution in [1.29, 1.82) is 0 Å². The van der Waals surface area contributed by atoms with E-state index in [1.54, 1.807) is 4.90 Å². The predicted octanol–water partition coefficient (Wildman–Crippen LogP) is 4.61. The van der Waals surface area contributed by atoms with Crippen LogP contribution in [-0.4, -0.2) is 32.8 Å². The number of benzene rings is 1. The number of amides is 2. The summed E-state index contributed by atoms with van der Waals surface area (Å²) >= 11 is 0. The lowest BCUT2D eigenvalue weighted by atomic mass is 9.98. The number of piperidine rings is 1. The Kier molecular flexibility index (Phi) is 4.36. The van der Waals surface area contributed by atoms with Crippen molar-refractivity contribution in [2.45, 2.75) is 56.9 Å². The van der Waals surface area contributed by atoms with Gasteiger partial charge in [0.25, 0.3) is 0 Å². The maximum atomic E-state index is 13.2. The van der Waals surface area contributed by atoms with Gasteiger partial charge in [-0.25, -0.2) is 4.79 Å². The van der Waals surface area contributed by atoms with E-state index in [2.05, 4.69) is 10.4 Å². The highest BCUT2D eigenvalue weighted by Gasteiger charge is 2.44. The van der Waals surface area contributed by atoms with E-state index in [0.717, 1.165) is 37.3 Å². The molecule has 2 amide bonds. The van der Waals surface area contributed by atoms with Crippen LogP contribution >= 0.6 is 0 Å². The molecule has 0 saturated carbocycles. The van der Waals surface area contributed by atoms with E-state index in [1.807, 2.05) is 24.0 Å². The van der Waals surface area contributed by atoms with Gasteiger partial charge in [-0.05, 0) is 50.3 Å². The van der Waals surface area contributed by atoms with Gasteiger partial charge in [0.05, 0.1) is 23.5 Å². The molecule has 27 heavy (non-hydrogen) atoms. The first kappa shape index (κ1) is 17.9. The highest BCUT2D eigenvalue weighted by Crippen LogP contribution is 2.41. The Morgan fingerprint density at radius 2 is 1.81 bits per heavy atom. The normalized spacial score (nSPS) is 24.9. The molecule has 1 N–H and O–H groups in total. The first-order valence-corrected chi connectivity index (χ1v) is 9.09. The van der Waals surface area contributed by atoms with Gasteiger partial charge in [0.15, 0.2) is 0 Å². The molecule has 2 bridgehead atoms. The Bertz CT molecular complexity index is 833. The molecular formula is C19H21F3N4O. The number of aryl methyl sites for hydroxylation is 1. The molecule has 2 aliphatic rings. The van der Waals surface area contributed by atoms with Crippen LogP contribution in [0.5, 0.6) is 0 Å². The van der Waals surface area contributed by atoms with Crippen LogP contribution in [0.15, 0.2) is 36.7 Å². The van der Waals surface area contributed by atoms with Crippen LogP contribution in [0, 0.1) is 6.92 Å². The SMILES string of the molecule is Cc1cnn(C2CC3CCC(C2)N3C(=O)Nc2ccccc2C(F)(F)F)c1. The zero-order valence-corrected chi connectivity index (χ0v) is 14.9. The van der Waals surface area contributed by atoms with Crippen LogP contribution in [0.4, 0.5) is 23.7 Å². The molecule has 8 heteroatoms. The highest BCUT2D eigenvalue weighted by molar-refractivity contribution is 5.91. The van der Waals surface area contributed by atoms with Gasteiger partial charge >= 0.3 is 12.2 Å². The Morgan fingerprint density at radius 1 is 1.15 bits per heavy atom. The molecule has 144 valence electrons. The van der Waals surface area contributed by atoms with Gasteiger partial charge < -0.3 is 10.2 Å². The summed E-state index contributed by atoms with van der Waals surface area (Å²) in [7, 11) is 0. The van der Waals surface area contributed by atoms with Gasteiger partial charge in [-0.1, -0.05) is 12.1 Å². The highest BCUT2D eigenvalue weighted by atomic mass is 19.4. The Morgan fingerprint density at radius 3 is 2.41 bits per heavy atom. The van der Waals surface area contributed by atoms with Crippen LogP contribution in [-0.2, 0) is 6.18 Å². The van der Waals surface area contributed by atoms with E-state index < -0.39 is 17.8 Å². The fourth-order valence-electron chi connectivity index (χ4n) is 4.35. The first-order valence-electron chi connectivity index (χ1n) is 9.09. The largest absolute Gasteiger partial charge is 0.418 e. The summed E-state index contributed by atoms with van der Waals surface area (Å²) in [6, 6.07) is 4.91. The van der Waals surface area contributed by atoms with Crippen molar-refractivity contribution >= 4 is 11.7 Å². The van der Waals surface area contributed by atoms with Gasteiger partial charge in [-0.2, -0.15) is 18.3 Å². The lowest BCUT2D eigenvalue weighted by Gasteiger charge is -2.39. The van der Waals surface area contributed by atoms with E-state index in [-0.39, 0.29) is 23.8 Å². The topological polar surface area (TPSA) is 50.2 Å². The summed E-state index contributed by atoms with van der Waals surface area (Å²) in [5.74, 6) is 0. The molecule has 2 aliphatic heterocycles. The van der Waals surface area contributed by atoms with Gasteiger partial charge in [0, 0.05) is 18.3 Å². The van der Waals surface area contributed by atoms with Crippen molar-refractivity contribution in [3.8, 4) is 0 Å². The number of nitrogens with one attached hydrogen (secondary N) is 1. The van der Waals surface area contributed by atoms with Crippen LogP contribution in [0.2, 0.25) is 0 Å². The number of urea groups is 1. The first-order chi connectivity index (χ1) is 12.8. The molecule has 0 radical (unpaired) electrons. The summed E-state index contributed by atoms with van der Waals surface area (Å²) < 4.78 is 41.5. The number of carbonyl (C=O) groups is 1. The van der Waals surface area contributed by atoms with E-state index in [9.17, 15) is 18.0 Å². The molecule has 2 atom stereocenters. The minimum atomic E-state index is -4.51. The number of rotatable bonds is 2. The van der Waals surface area contributed by atoms with Gasteiger partial charge in [0.2, 0.25) is 0 Å². The molecule has 2 saturated heterocycles. The monoisotopic (exact) mass is 378 g/mol. The lowest BCUT2D eigenvalue weighted by Crippen LogP contribution is -2.49. The number of hydrogen-bond acceptors (Lipinski definition) is 2. The zero-order chi connectivity index (χ0) is 19.2. The number of anilines is 1. The number of alkyl halides is 3. The molecule has 3 heterocycles. The third-order valence-electron chi connectivity index (χ3n) is 5.52. The minimum absolute atomic E-state index is 0.0244. The summed E-state index contributed by atoms with van der Waals surface area (Å²) in [5.41, 5.74) is 0.0677. The van der Waals surface area contributed by atoms with Crippen LogP contribution in [0.1, 0.15) is 42.9 Å². The maximum Gasteiger partial charge on any atom is 0.418 e. The maximum absolute atomic E-state index is 13.2. The molecule has 0 spiro atoms. The van der Waals surface area contributed by atoms with E-state index in [0.29, 0.717) is 0 Å². The molecule has 1 aromatic heterocycles. The van der Waals surface area contributed by atoms with Crippen molar-refractivity contribution in [3.63, 3.8) is 0 Å². The average Bonchev–Trinajstić information content (AvgIpc) is 3.15. The lowest BCUT2D eigenvalue weighted by molar-refractivity contribution is -0.136. The zero-order valence-electron chi connectivity index (χ0n) is 14.9. The number of carbonyl (C=O) groups excluding carboxylic acids is 1. The van der Waals surface area contributed by atoms with Crippen LogP contribution in [0.25, 0.3) is 0 Å². The quantitative estimate of drug-likeness (QED) is 0.830. The van der Waals surface area contributed by atoms with Crippen LogP contribution in [0.3, 0.4) is 0 Å². The number of fused-ring (bicyclic) bond motifs is 2. The molecule has 2 unspecified atom stereocenters. The summed E-state index contributed by atoms with van der Waals surface area (Å²) in [5, 5.41) is 6.88. The standard InChI is InChI=1S/C19H21F3N4O/c1-12-10-23-25(11-12)15-8-13-6-7-14(9-15)26(13)18(27)24-17-5-3-2-4-16(17)19(20,21)22/h2-5,10-11,13-15H,6-9H2,1H3,(H,24,27). The van der Waals surface area contributed by atoms with Crippen LogP contribution < -0.4 is 5.32 Å². The van der Waals surface area contributed by atoms with E-state index in [1.165, 1.54) is 18.2 Å². The number of nitrogens with zero attached hydrogens (tertiary/aromatic N) is 3. The Hall–Kier alpha value is -2.51. The number of halogens is 3. The van der Waals surface area contributed by atoms with E-state index >= 15 is 0 Å². The number of para-hydroxylation sites is 1. The van der Waals surface area contributed by atoms with Crippen molar-refractivity contribution in [2.75, 3.05) is 5.32 Å². The molecular weight excluding hydrogens is 357 g/mol. The second-order valence-electron chi connectivity index (χ2n) is 7.39. The third-order valence-corrected chi connectivity index (χ3v) is 5.52. The van der Waals surface area contributed by atoms with E-state index in [4.69, 9.17) is 0 Å². The summed E-state index contributed by atoms with van der Waals surface area (Å²) in [4.78, 5) is 14.5. The third kappa shape index (κ3) is 3.40. The van der Waals surface area contributed by atoms with Crippen molar-refractivity contribution in [3.05, 3.63) is 47.8 Å². The minimum Gasteiger partial charge on any atom is -0.318 e. The fraction of sp³-hybridized carbons (Fsp3) is 0.474. The molecule has 4 rings (SSSR count). The molecule has 0 aliphatic carbocycles. The van der Waals surface area contributed by atoms with Gasteiger partial charge in [-0.3, -0.25) is 4.68 Å². The average molecular weight is 378 g/mol. The van der Waals surface area contributed by atoms with Crippen molar-refractivity contribution in [2.24, 2.45) is 0 Å². The van der Waals surface area contributed by atoms with Crippen molar-refractivity contribution < 1.29 is 18.0 Å². The summed E-state index contributed by atoms with van der Waals surface area (Å²) in [6.45, 7) is 1.98. The van der Waals surface area contributed by atoms with Gasteiger partial charge in [-0.15, -0.1) is 0 Å². The Labute approximate surface area is 155 Å².